The number of aliphatic hydroxyl groups is 1. The Hall–Kier alpha value is -2.38. The van der Waals surface area contributed by atoms with Crippen LogP contribution >= 0.6 is 11.8 Å². The highest BCUT2D eigenvalue weighted by Gasteiger charge is 2.34. The third-order valence-electron chi connectivity index (χ3n) is 4.85. The summed E-state index contributed by atoms with van der Waals surface area (Å²) in [6.07, 6.45) is 0.683. The van der Waals surface area contributed by atoms with Crippen molar-refractivity contribution in [1.82, 2.24) is 16.0 Å². The molecule has 6 unspecified atom stereocenters. The lowest BCUT2D eigenvalue weighted by molar-refractivity contribution is -0.144. The zero-order chi connectivity index (χ0) is 25.0. The predicted molar refractivity (Wildman–Crippen MR) is 119 cm³/mol. The van der Waals surface area contributed by atoms with Crippen molar-refractivity contribution in [3.05, 3.63) is 0 Å². The van der Waals surface area contributed by atoms with Gasteiger partial charge in [0.1, 0.15) is 18.1 Å². The highest BCUT2D eigenvalue weighted by molar-refractivity contribution is 7.98. The molecule has 6 atom stereocenters. The number of hydrogen-bond acceptors (Lipinski definition) is 8. The largest absolute Gasteiger partial charge is 0.480 e. The van der Waals surface area contributed by atoms with E-state index < -0.39 is 72.2 Å². The molecule has 0 fully saturated rings. The summed E-state index contributed by atoms with van der Waals surface area (Å²) in [7, 11) is 0. The number of carbonyl (C=O) groups excluding carboxylic acids is 4. The Balaban J connectivity index is 5.45. The maximum absolute atomic E-state index is 12.7. The highest BCUT2D eigenvalue weighted by atomic mass is 32.2. The summed E-state index contributed by atoms with van der Waals surface area (Å²) in [5.41, 5.74) is 10.9. The number of aliphatic carboxylic acids is 1. The monoisotopic (exact) mass is 477 g/mol. The minimum Gasteiger partial charge on any atom is -0.480 e. The molecule has 0 heterocycles. The van der Waals surface area contributed by atoms with Crippen LogP contribution < -0.4 is 27.4 Å². The van der Waals surface area contributed by atoms with E-state index in [4.69, 9.17) is 11.5 Å². The maximum Gasteiger partial charge on any atom is 0.326 e. The lowest BCUT2D eigenvalue weighted by atomic mass is 9.98. The molecule has 9 N–H and O–H groups in total. The van der Waals surface area contributed by atoms with E-state index in [1.165, 1.54) is 18.7 Å². The molecule has 0 spiro atoms. The molecule has 0 saturated carbocycles. The Morgan fingerprint density at radius 2 is 1.53 bits per heavy atom. The van der Waals surface area contributed by atoms with Crippen LogP contribution in [0, 0.1) is 5.92 Å². The second-order valence-electron chi connectivity index (χ2n) is 7.56. The van der Waals surface area contributed by atoms with E-state index in [2.05, 4.69) is 16.0 Å². The summed E-state index contributed by atoms with van der Waals surface area (Å²) in [6.45, 7) is 4.62. The zero-order valence-electron chi connectivity index (χ0n) is 18.8. The van der Waals surface area contributed by atoms with Gasteiger partial charge >= 0.3 is 5.97 Å². The quantitative estimate of drug-likeness (QED) is 0.137. The Labute approximate surface area is 191 Å². The number of nitrogens with one attached hydrogen (secondary N) is 3. The van der Waals surface area contributed by atoms with Gasteiger partial charge in [0.25, 0.3) is 0 Å². The van der Waals surface area contributed by atoms with Crippen LogP contribution in [0.3, 0.4) is 0 Å². The van der Waals surface area contributed by atoms with Crippen LogP contribution in [0.15, 0.2) is 0 Å². The first-order valence-electron chi connectivity index (χ1n) is 10.2. The zero-order valence-corrected chi connectivity index (χ0v) is 19.6. The van der Waals surface area contributed by atoms with Gasteiger partial charge in [0, 0.05) is 0 Å². The second kappa shape index (κ2) is 14.6. The van der Waals surface area contributed by atoms with Gasteiger partial charge in [-0.1, -0.05) is 20.3 Å². The molecule has 0 bridgehead atoms. The van der Waals surface area contributed by atoms with E-state index >= 15 is 0 Å². The van der Waals surface area contributed by atoms with Crippen molar-refractivity contribution in [2.45, 2.75) is 70.3 Å². The van der Waals surface area contributed by atoms with Crippen LogP contribution in [0.25, 0.3) is 0 Å². The van der Waals surface area contributed by atoms with Crippen LogP contribution in [0.5, 0.6) is 0 Å². The first kappa shape index (κ1) is 29.6. The molecular formula is C19H35N5O7S. The van der Waals surface area contributed by atoms with Crippen LogP contribution in [0.1, 0.15) is 40.0 Å². The number of rotatable bonds is 15. The standard InChI is InChI=1S/C19H35N5O7S/c1-5-9(2)14(19(30)31)23-17(28)12(8-13(21)26)22-18(29)15(10(3)25)24-16(27)11(20)6-7-32-4/h9-12,14-15,25H,5-8,20H2,1-4H3,(H2,21,26)(H,22,29)(H,23,28)(H,24,27)(H,30,31). The van der Waals surface area contributed by atoms with Crippen molar-refractivity contribution in [3.8, 4) is 0 Å². The molecule has 0 aliphatic heterocycles. The summed E-state index contributed by atoms with van der Waals surface area (Å²) in [4.78, 5) is 60.4. The van der Waals surface area contributed by atoms with E-state index in [9.17, 15) is 34.2 Å². The molecule has 0 aromatic rings. The van der Waals surface area contributed by atoms with Crippen molar-refractivity contribution in [2.24, 2.45) is 17.4 Å². The van der Waals surface area contributed by atoms with Gasteiger partial charge in [-0.15, -0.1) is 0 Å². The average Bonchev–Trinajstić information content (AvgIpc) is 2.71. The van der Waals surface area contributed by atoms with Gasteiger partial charge in [0.05, 0.1) is 18.6 Å². The highest BCUT2D eigenvalue weighted by Crippen LogP contribution is 2.09. The fraction of sp³-hybridized carbons (Fsp3) is 0.737. The molecule has 0 aromatic carbocycles. The third-order valence-corrected chi connectivity index (χ3v) is 5.49. The van der Waals surface area contributed by atoms with Gasteiger partial charge in [0.2, 0.25) is 23.6 Å². The summed E-state index contributed by atoms with van der Waals surface area (Å²) in [5.74, 6) is -4.56. The molecule has 4 amide bonds. The lowest BCUT2D eigenvalue weighted by Crippen LogP contribution is -2.60. The van der Waals surface area contributed by atoms with Gasteiger partial charge in [-0.25, -0.2) is 4.79 Å². The van der Waals surface area contributed by atoms with E-state index in [1.807, 2.05) is 6.26 Å². The minimum atomic E-state index is -1.51. The molecule has 32 heavy (non-hydrogen) atoms. The molecule has 0 saturated heterocycles. The molecule has 0 aromatic heterocycles. The topological polar surface area (TPSA) is 214 Å². The number of amides is 4. The summed E-state index contributed by atoms with van der Waals surface area (Å²) in [5, 5.41) is 26.2. The first-order valence-corrected chi connectivity index (χ1v) is 11.6. The number of thioether (sulfide) groups is 1. The van der Waals surface area contributed by atoms with Crippen molar-refractivity contribution in [1.29, 1.82) is 0 Å². The summed E-state index contributed by atoms with van der Waals surface area (Å²) < 4.78 is 0. The predicted octanol–water partition coefficient (Wildman–Crippen LogP) is -2.09. The fourth-order valence-electron chi connectivity index (χ4n) is 2.65. The normalized spacial score (nSPS) is 16.6. The molecule has 12 nitrogen and oxygen atoms in total. The number of aliphatic hydroxyl groups excluding tert-OH is 1. The summed E-state index contributed by atoms with van der Waals surface area (Å²) >= 11 is 1.49. The van der Waals surface area contributed by atoms with E-state index in [0.29, 0.717) is 18.6 Å². The van der Waals surface area contributed by atoms with Crippen LogP contribution in [0.2, 0.25) is 0 Å². The Morgan fingerprint density at radius 3 is 1.97 bits per heavy atom. The molecular weight excluding hydrogens is 442 g/mol. The van der Waals surface area contributed by atoms with Gasteiger partial charge in [-0.05, 0) is 31.3 Å². The Morgan fingerprint density at radius 1 is 0.969 bits per heavy atom. The number of carboxylic acids is 1. The molecule has 184 valence electrons. The number of primary amides is 1. The Kier molecular flexibility index (Phi) is 13.5. The molecule has 0 radical (unpaired) electrons. The van der Waals surface area contributed by atoms with Gasteiger partial charge in [-0.2, -0.15) is 11.8 Å². The minimum absolute atomic E-state index is 0.347. The van der Waals surface area contributed by atoms with Gasteiger partial charge < -0.3 is 37.6 Å². The van der Waals surface area contributed by atoms with Crippen LogP contribution in [-0.2, 0) is 24.0 Å². The molecule has 0 aliphatic rings. The second-order valence-corrected chi connectivity index (χ2v) is 8.54. The number of hydrogen-bond donors (Lipinski definition) is 7. The smallest absolute Gasteiger partial charge is 0.326 e. The van der Waals surface area contributed by atoms with Crippen molar-refractivity contribution in [2.75, 3.05) is 12.0 Å². The van der Waals surface area contributed by atoms with E-state index in [1.54, 1.807) is 13.8 Å². The average molecular weight is 478 g/mol. The van der Waals surface area contributed by atoms with Crippen molar-refractivity contribution < 1.29 is 34.2 Å². The number of carboxylic acid groups (broad SMARTS) is 1. The molecule has 13 heteroatoms. The number of nitrogens with two attached hydrogens (primary N) is 2. The number of carbonyl (C=O) groups is 5. The van der Waals surface area contributed by atoms with E-state index in [-0.39, 0.29) is 0 Å². The van der Waals surface area contributed by atoms with E-state index in [0.717, 1.165) is 0 Å². The Bertz CT molecular complexity index is 676. The van der Waals surface area contributed by atoms with Gasteiger partial charge in [-0.3, -0.25) is 19.2 Å². The van der Waals surface area contributed by atoms with Crippen LogP contribution in [-0.4, -0.2) is 82.1 Å². The van der Waals surface area contributed by atoms with Gasteiger partial charge in [0.15, 0.2) is 0 Å². The lowest BCUT2D eigenvalue weighted by Gasteiger charge is -2.27. The molecule has 0 rings (SSSR count). The maximum atomic E-state index is 12.7. The fourth-order valence-corrected chi connectivity index (χ4v) is 3.14. The first-order chi connectivity index (χ1) is 14.8. The summed E-state index contributed by atoms with van der Waals surface area (Å²) in [6, 6.07) is -5.13. The molecule has 0 aliphatic carbocycles. The van der Waals surface area contributed by atoms with Crippen molar-refractivity contribution >= 4 is 41.4 Å². The van der Waals surface area contributed by atoms with Crippen LogP contribution in [0.4, 0.5) is 0 Å². The SMILES string of the molecule is CCC(C)C(NC(=O)C(CC(N)=O)NC(=O)C(NC(=O)C(N)CCSC)C(C)O)C(=O)O. The third kappa shape index (κ3) is 10.3. The van der Waals surface area contributed by atoms with Crippen molar-refractivity contribution in [3.63, 3.8) is 0 Å².